The number of fused-ring (bicyclic) bond motifs is 2. The van der Waals surface area contributed by atoms with E-state index in [0.29, 0.717) is 11.3 Å². The van der Waals surface area contributed by atoms with E-state index in [-0.39, 0.29) is 17.4 Å². The van der Waals surface area contributed by atoms with Gasteiger partial charge in [0.25, 0.3) is 11.7 Å². The summed E-state index contributed by atoms with van der Waals surface area (Å²) in [6.07, 6.45) is 2.72. The molecule has 1 amide bonds. The lowest BCUT2D eigenvalue weighted by Gasteiger charge is -2.25. The van der Waals surface area contributed by atoms with Gasteiger partial charge in [-0.2, -0.15) is 0 Å². The van der Waals surface area contributed by atoms with Gasteiger partial charge in [0.2, 0.25) is 0 Å². The predicted molar refractivity (Wildman–Crippen MR) is 144 cm³/mol. The number of Topliss-reactive ketones (excluding diaryl/α,β-unsaturated/α-hetero) is 1. The fourth-order valence-electron chi connectivity index (χ4n) is 5.80. The summed E-state index contributed by atoms with van der Waals surface area (Å²) in [5, 5.41) is 12.5. The number of aliphatic hydroxyl groups is 1. The lowest BCUT2D eigenvalue weighted by Crippen LogP contribution is -2.29. The molecular weight excluding hydrogens is 464 g/mol. The maximum Gasteiger partial charge on any atom is 0.300 e. The maximum absolute atomic E-state index is 13.6. The van der Waals surface area contributed by atoms with Gasteiger partial charge in [0.05, 0.1) is 11.6 Å². The number of ketones is 1. The molecule has 3 heterocycles. The molecule has 2 aliphatic heterocycles. The SMILES string of the molecule is Cc1cc(C)cc(N2C(=O)C(=O)/C(=C(/O)c3ccc4c(c3)CC(C)O4)C2c2cn(C)c3ccccc23)c1. The number of rotatable bonds is 3. The molecule has 2 unspecified atom stereocenters. The Morgan fingerprint density at radius 1 is 1.00 bits per heavy atom. The molecule has 0 spiro atoms. The van der Waals surface area contributed by atoms with E-state index in [4.69, 9.17) is 4.74 Å². The zero-order chi connectivity index (χ0) is 26.0. The molecule has 6 heteroatoms. The van der Waals surface area contributed by atoms with E-state index < -0.39 is 17.7 Å². The van der Waals surface area contributed by atoms with Gasteiger partial charge in [-0.25, -0.2) is 0 Å². The van der Waals surface area contributed by atoms with Crippen molar-refractivity contribution in [3.63, 3.8) is 0 Å². The quantitative estimate of drug-likeness (QED) is 0.225. The van der Waals surface area contributed by atoms with Crippen molar-refractivity contribution in [3.8, 4) is 5.75 Å². The Morgan fingerprint density at radius 3 is 2.49 bits per heavy atom. The molecule has 37 heavy (non-hydrogen) atoms. The number of amides is 1. The van der Waals surface area contributed by atoms with Gasteiger partial charge in [0.1, 0.15) is 17.6 Å². The molecule has 3 aromatic carbocycles. The Labute approximate surface area is 215 Å². The van der Waals surface area contributed by atoms with Crippen LogP contribution in [0.25, 0.3) is 16.7 Å². The molecule has 2 aliphatic rings. The highest BCUT2D eigenvalue weighted by atomic mass is 16.5. The van der Waals surface area contributed by atoms with E-state index in [0.717, 1.165) is 45.3 Å². The predicted octanol–water partition coefficient (Wildman–Crippen LogP) is 5.74. The summed E-state index contributed by atoms with van der Waals surface area (Å²) in [7, 11) is 1.94. The number of benzene rings is 3. The molecule has 4 aromatic rings. The first kappa shape index (κ1) is 23.1. The molecular formula is C31H28N2O4. The number of carbonyl (C=O) groups excluding carboxylic acids is 2. The Morgan fingerprint density at radius 2 is 1.73 bits per heavy atom. The van der Waals surface area contributed by atoms with Crippen LogP contribution in [0.3, 0.4) is 0 Å². The number of nitrogens with zero attached hydrogens (tertiary/aromatic N) is 2. The van der Waals surface area contributed by atoms with Crippen molar-refractivity contribution in [1.82, 2.24) is 4.57 Å². The molecule has 6 rings (SSSR count). The summed E-state index contributed by atoms with van der Waals surface area (Å²) >= 11 is 0. The van der Waals surface area contributed by atoms with E-state index in [1.807, 2.05) is 93.2 Å². The first-order valence-corrected chi connectivity index (χ1v) is 12.5. The van der Waals surface area contributed by atoms with Crippen LogP contribution < -0.4 is 9.64 Å². The highest BCUT2D eigenvalue weighted by Gasteiger charge is 2.48. The largest absolute Gasteiger partial charge is 0.507 e. The number of para-hydroxylation sites is 1. The summed E-state index contributed by atoms with van der Waals surface area (Å²) in [6.45, 7) is 5.93. The summed E-state index contributed by atoms with van der Waals surface area (Å²) < 4.78 is 7.80. The first-order chi connectivity index (χ1) is 17.7. The molecule has 1 saturated heterocycles. The number of aromatic nitrogens is 1. The van der Waals surface area contributed by atoms with E-state index in [9.17, 15) is 14.7 Å². The minimum absolute atomic E-state index is 0.0539. The fourth-order valence-corrected chi connectivity index (χ4v) is 5.80. The fraction of sp³-hybridized carbons (Fsp3) is 0.226. The van der Waals surface area contributed by atoms with Crippen LogP contribution in [0.2, 0.25) is 0 Å². The number of hydrogen-bond acceptors (Lipinski definition) is 4. The van der Waals surface area contributed by atoms with Gasteiger partial charge in [0.15, 0.2) is 0 Å². The number of aliphatic hydroxyl groups excluding tert-OH is 1. The minimum atomic E-state index is -0.782. The number of carbonyl (C=O) groups is 2. The van der Waals surface area contributed by atoms with Gasteiger partial charge in [-0.3, -0.25) is 14.5 Å². The zero-order valence-electron chi connectivity index (χ0n) is 21.3. The lowest BCUT2D eigenvalue weighted by atomic mass is 9.94. The molecule has 1 fully saturated rings. The van der Waals surface area contributed by atoms with Gasteiger partial charge in [-0.15, -0.1) is 0 Å². The first-order valence-electron chi connectivity index (χ1n) is 12.5. The lowest BCUT2D eigenvalue weighted by molar-refractivity contribution is -0.132. The summed E-state index contributed by atoms with van der Waals surface area (Å²) in [5.74, 6) is -0.738. The Hall–Kier alpha value is -4.32. The van der Waals surface area contributed by atoms with Crippen LogP contribution in [-0.2, 0) is 23.1 Å². The number of ether oxygens (including phenoxy) is 1. The van der Waals surface area contributed by atoms with Gasteiger partial charge in [-0.1, -0.05) is 24.3 Å². The maximum atomic E-state index is 13.6. The summed E-state index contributed by atoms with van der Waals surface area (Å²) in [4.78, 5) is 28.8. The topological polar surface area (TPSA) is 71.8 Å². The number of anilines is 1. The van der Waals surface area contributed by atoms with Gasteiger partial charge in [0, 0.05) is 47.4 Å². The molecule has 0 aliphatic carbocycles. The molecule has 0 radical (unpaired) electrons. The second-order valence-corrected chi connectivity index (χ2v) is 10.2. The second-order valence-electron chi connectivity index (χ2n) is 10.2. The van der Waals surface area contributed by atoms with Crippen LogP contribution in [0.15, 0.2) is 72.4 Å². The Balaban J connectivity index is 1.61. The Kier molecular flexibility index (Phi) is 5.23. The molecule has 0 saturated carbocycles. The molecule has 1 N–H and O–H groups in total. The van der Waals surface area contributed by atoms with Crippen LogP contribution in [0, 0.1) is 13.8 Å². The van der Waals surface area contributed by atoms with Crippen LogP contribution in [0.4, 0.5) is 5.69 Å². The monoisotopic (exact) mass is 492 g/mol. The van der Waals surface area contributed by atoms with Crippen molar-refractivity contribution in [2.75, 3.05) is 4.90 Å². The molecule has 186 valence electrons. The van der Waals surface area contributed by atoms with Gasteiger partial charge < -0.3 is 14.4 Å². The third-order valence-electron chi connectivity index (χ3n) is 7.32. The minimum Gasteiger partial charge on any atom is -0.507 e. The average molecular weight is 493 g/mol. The van der Waals surface area contributed by atoms with Crippen molar-refractivity contribution in [2.24, 2.45) is 7.05 Å². The number of hydrogen-bond donors (Lipinski definition) is 1. The van der Waals surface area contributed by atoms with E-state index in [1.165, 1.54) is 4.90 Å². The van der Waals surface area contributed by atoms with Crippen molar-refractivity contribution >= 4 is 34.0 Å². The smallest absolute Gasteiger partial charge is 0.300 e. The molecule has 0 bridgehead atoms. The van der Waals surface area contributed by atoms with E-state index >= 15 is 0 Å². The average Bonchev–Trinajstić information content (AvgIpc) is 3.48. The third kappa shape index (κ3) is 3.63. The summed E-state index contributed by atoms with van der Waals surface area (Å²) in [6, 6.07) is 18.4. The highest BCUT2D eigenvalue weighted by Crippen LogP contribution is 2.45. The van der Waals surface area contributed by atoms with E-state index in [1.54, 1.807) is 6.07 Å². The van der Waals surface area contributed by atoms with Crippen molar-refractivity contribution in [2.45, 2.75) is 39.3 Å². The molecule has 6 nitrogen and oxygen atoms in total. The molecule has 2 atom stereocenters. The standard InChI is InChI=1S/C31H28N2O4/c1-17-11-18(2)13-22(12-17)33-28(24-16-32(4)25-8-6-5-7-23(24)25)27(30(35)31(33)36)29(34)20-9-10-26-21(15-20)14-19(3)37-26/h5-13,15-16,19,28,34H,14H2,1-4H3/b29-27+. The Bertz CT molecular complexity index is 1620. The van der Waals surface area contributed by atoms with Crippen molar-refractivity contribution in [3.05, 3.63) is 100 Å². The van der Waals surface area contributed by atoms with Gasteiger partial charge in [-0.05, 0) is 73.9 Å². The van der Waals surface area contributed by atoms with Crippen LogP contribution in [0.5, 0.6) is 5.75 Å². The van der Waals surface area contributed by atoms with Crippen LogP contribution in [-0.4, -0.2) is 27.5 Å². The number of aryl methyl sites for hydroxylation is 3. The van der Waals surface area contributed by atoms with Gasteiger partial charge >= 0.3 is 0 Å². The van der Waals surface area contributed by atoms with E-state index in [2.05, 4.69) is 0 Å². The summed E-state index contributed by atoms with van der Waals surface area (Å²) in [5.41, 5.74) is 5.94. The third-order valence-corrected chi connectivity index (χ3v) is 7.32. The highest BCUT2D eigenvalue weighted by molar-refractivity contribution is 6.52. The van der Waals surface area contributed by atoms with Crippen molar-refractivity contribution < 1.29 is 19.4 Å². The van der Waals surface area contributed by atoms with Crippen molar-refractivity contribution in [1.29, 1.82) is 0 Å². The van der Waals surface area contributed by atoms with Crippen LogP contribution >= 0.6 is 0 Å². The zero-order valence-corrected chi connectivity index (χ0v) is 21.3. The molecule has 1 aromatic heterocycles. The second kappa shape index (κ2) is 8.37. The normalized spacial score (nSPS) is 20.5. The van der Waals surface area contributed by atoms with Crippen LogP contribution in [0.1, 0.15) is 40.8 Å².